The van der Waals surface area contributed by atoms with Gasteiger partial charge >= 0.3 is 5.97 Å². The van der Waals surface area contributed by atoms with Gasteiger partial charge in [-0.3, -0.25) is 4.79 Å². The predicted molar refractivity (Wildman–Crippen MR) is 70.4 cm³/mol. The number of hydrogen-bond donors (Lipinski definition) is 4. The molecule has 0 aromatic carbocycles. The molecule has 0 bridgehead atoms. The third kappa shape index (κ3) is 2.71. The van der Waals surface area contributed by atoms with Crippen molar-refractivity contribution < 1.29 is 9.90 Å². The van der Waals surface area contributed by atoms with Crippen molar-refractivity contribution in [2.24, 2.45) is 0 Å². The highest BCUT2D eigenvalue weighted by Crippen LogP contribution is 2.22. The molecule has 8 nitrogen and oxygen atoms in total. The summed E-state index contributed by atoms with van der Waals surface area (Å²) in [5.41, 5.74) is 5.11. The van der Waals surface area contributed by atoms with Crippen LogP contribution in [0, 0.1) is 0 Å². The van der Waals surface area contributed by atoms with Gasteiger partial charge in [-0.25, -0.2) is 14.8 Å². The molecule has 1 atom stereocenters. The van der Waals surface area contributed by atoms with E-state index in [1.54, 1.807) is 6.92 Å². The standard InChI is InChI=1S/C10H11N5O3S/c1-4(9-15-5(2-19-9)10(17)18)14-7-6(11)8(16)13-3-12-7/h2-4H,11H2,1H3,(H,17,18)(H2,12,13,14,16). The summed E-state index contributed by atoms with van der Waals surface area (Å²) in [6.45, 7) is 1.77. The first-order valence-corrected chi connectivity index (χ1v) is 6.15. The maximum Gasteiger partial charge on any atom is 0.355 e. The smallest absolute Gasteiger partial charge is 0.355 e. The summed E-state index contributed by atoms with van der Waals surface area (Å²) >= 11 is 1.21. The SMILES string of the molecule is CC(Nc1nc[nH]c(=O)c1N)c1nc(C(=O)O)cs1. The Morgan fingerprint density at radius 3 is 3.00 bits per heavy atom. The minimum absolute atomic E-state index is 0.0134. The maximum absolute atomic E-state index is 11.3. The largest absolute Gasteiger partial charge is 0.476 e. The van der Waals surface area contributed by atoms with E-state index in [9.17, 15) is 9.59 Å². The van der Waals surface area contributed by atoms with E-state index in [4.69, 9.17) is 10.8 Å². The number of nitrogens with one attached hydrogen (secondary N) is 2. The van der Waals surface area contributed by atoms with Gasteiger partial charge in [-0.05, 0) is 6.92 Å². The van der Waals surface area contributed by atoms with Crippen LogP contribution in [0.2, 0.25) is 0 Å². The summed E-state index contributed by atoms with van der Waals surface area (Å²) in [4.78, 5) is 32.3. The molecule has 2 aromatic heterocycles. The van der Waals surface area contributed by atoms with Crippen molar-refractivity contribution in [2.45, 2.75) is 13.0 Å². The van der Waals surface area contributed by atoms with E-state index < -0.39 is 11.5 Å². The molecule has 9 heteroatoms. The molecule has 0 aliphatic rings. The van der Waals surface area contributed by atoms with Gasteiger partial charge in [0.2, 0.25) is 0 Å². The Morgan fingerprint density at radius 1 is 1.63 bits per heavy atom. The summed E-state index contributed by atoms with van der Waals surface area (Å²) in [6, 6.07) is -0.310. The molecule has 19 heavy (non-hydrogen) atoms. The van der Waals surface area contributed by atoms with Gasteiger partial charge < -0.3 is 21.1 Å². The first-order valence-electron chi connectivity index (χ1n) is 5.27. The highest BCUT2D eigenvalue weighted by Gasteiger charge is 2.15. The Kier molecular flexibility index (Phi) is 3.47. The second-order valence-electron chi connectivity index (χ2n) is 3.74. The minimum atomic E-state index is -1.08. The Labute approximate surface area is 111 Å². The van der Waals surface area contributed by atoms with Gasteiger partial charge in [0.25, 0.3) is 5.56 Å². The molecule has 100 valence electrons. The zero-order chi connectivity index (χ0) is 14.0. The minimum Gasteiger partial charge on any atom is -0.476 e. The highest BCUT2D eigenvalue weighted by molar-refractivity contribution is 7.09. The molecule has 0 aliphatic heterocycles. The maximum atomic E-state index is 11.3. The molecule has 2 rings (SSSR count). The van der Waals surface area contributed by atoms with E-state index in [0.717, 1.165) is 0 Å². The van der Waals surface area contributed by atoms with Gasteiger partial charge in [-0.2, -0.15) is 0 Å². The number of aromatic amines is 1. The van der Waals surface area contributed by atoms with Crippen LogP contribution >= 0.6 is 11.3 Å². The van der Waals surface area contributed by atoms with Crippen molar-refractivity contribution in [3.63, 3.8) is 0 Å². The summed E-state index contributed by atoms with van der Waals surface area (Å²) in [5, 5.41) is 13.7. The fourth-order valence-corrected chi connectivity index (χ4v) is 2.18. The van der Waals surface area contributed by atoms with Crippen LogP contribution in [-0.2, 0) is 0 Å². The number of thiazole rings is 1. The van der Waals surface area contributed by atoms with Crippen LogP contribution < -0.4 is 16.6 Å². The van der Waals surface area contributed by atoms with Gasteiger partial charge in [-0.1, -0.05) is 0 Å². The molecule has 0 amide bonds. The lowest BCUT2D eigenvalue weighted by molar-refractivity contribution is 0.0691. The molecule has 2 heterocycles. The van der Waals surface area contributed by atoms with Gasteiger partial charge in [0, 0.05) is 5.38 Å². The highest BCUT2D eigenvalue weighted by atomic mass is 32.1. The number of H-pyrrole nitrogens is 1. The summed E-state index contributed by atoms with van der Waals surface area (Å²) in [5.74, 6) is -0.841. The van der Waals surface area contributed by atoms with Crippen molar-refractivity contribution >= 4 is 28.8 Å². The van der Waals surface area contributed by atoms with Crippen LogP contribution in [0.1, 0.15) is 28.5 Å². The second kappa shape index (κ2) is 5.06. The van der Waals surface area contributed by atoms with Gasteiger partial charge in [0.15, 0.2) is 11.5 Å². The van der Waals surface area contributed by atoms with Crippen molar-refractivity contribution in [1.29, 1.82) is 0 Å². The zero-order valence-electron chi connectivity index (χ0n) is 9.88. The number of carboxylic acids is 1. The molecule has 0 saturated heterocycles. The van der Waals surface area contributed by atoms with E-state index in [-0.39, 0.29) is 23.2 Å². The third-order valence-corrected chi connectivity index (χ3v) is 3.38. The number of aromatic carboxylic acids is 1. The van der Waals surface area contributed by atoms with Gasteiger partial charge in [0.05, 0.1) is 12.4 Å². The van der Waals surface area contributed by atoms with Crippen LogP contribution in [0.25, 0.3) is 0 Å². The van der Waals surface area contributed by atoms with Crippen LogP contribution in [0.4, 0.5) is 11.5 Å². The first kappa shape index (κ1) is 13.0. The number of carbonyl (C=O) groups is 1. The molecule has 2 aromatic rings. The Morgan fingerprint density at radius 2 is 2.37 bits per heavy atom. The van der Waals surface area contributed by atoms with Crippen LogP contribution in [-0.4, -0.2) is 26.0 Å². The Balaban J connectivity index is 2.20. The number of nitrogen functional groups attached to an aromatic ring is 1. The molecule has 0 fully saturated rings. The van der Waals surface area contributed by atoms with Crippen molar-refractivity contribution in [3.8, 4) is 0 Å². The average molecular weight is 281 g/mol. The van der Waals surface area contributed by atoms with E-state index in [1.165, 1.54) is 23.0 Å². The number of rotatable bonds is 4. The van der Waals surface area contributed by atoms with Gasteiger partial charge in [0.1, 0.15) is 10.7 Å². The number of nitrogens with two attached hydrogens (primary N) is 1. The molecule has 0 radical (unpaired) electrons. The predicted octanol–water partition coefficient (Wildman–Crippen LogP) is 0.680. The quantitative estimate of drug-likeness (QED) is 0.647. The normalized spacial score (nSPS) is 12.1. The lowest BCUT2D eigenvalue weighted by Gasteiger charge is -2.12. The number of aromatic nitrogens is 3. The van der Waals surface area contributed by atoms with Crippen LogP contribution in [0.15, 0.2) is 16.5 Å². The Bertz CT molecular complexity index is 665. The molecule has 0 saturated carbocycles. The second-order valence-corrected chi connectivity index (χ2v) is 4.63. The molecule has 0 aliphatic carbocycles. The number of anilines is 2. The Hall–Kier alpha value is -2.42. The molecular weight excluding hydrogens is 270 g/mol. The van der Waals surface area contributed by atoms with Crippen molar-refractivity contribution in [3.05, 3.63) is 32.8 Å². The van der Waals surface area contributed by atoms with E-state index >= 15 is 0 Å². The zero-order valence-corrected chi connectivity index (χ0v) is 10.7. The van der Waals surface area contributed by atoms with Crippen molar-refractivity contribution in [2.75, 3.05) is 11.1 Å². The van der Waals surface area contributed by atoms with Crippen molar-refractivity contribution in [1.82, 2.24) is 15.0 Å². The molecule has 0 spiro atoms. The third-order valence-electron chi connectivity index (χ3n) is 2.35. The number of nitrogens with zero attached hydrogens (tertiary/aromatic N) is 2. The molecular formula is C10H11N5O3S. The van der Waals surface area contributed by atoms with Crippen LogP contribution in [0.5, 0.6) is 0 Å². The lowest BCUT2D eigenvalue weighted by atomic mass is 10.3. The molecule has 1 unspecified atom stereocenters. The fraction of sp³-hybridized carbons (Fsp3) is 0.200. The van der Waals surface area contributed by atoms with Crippen LogP contribution in [0.3, 0.4) is 0 Å². The average Bonchev–Trinajstić information content (AvgIpc) is 2.84. The molecule has 5 N–H and O–H groups in total. The fourth-order valence-electron chi connectivity index (χ4n) is 1.38. The summed E-state index contributed by atoms with van der Waals surface area (Å²) in [6.07, 6.45) is 1.23. The van der Waals surface area contributed by atoms with E-state index in [1.807, 2.05) is 0 Å². The number of hydrogen-bond acceptors (Lipinski definition) is 7. The summed E-state index contributed by atoms with van der Waals surface area (Å²) < 4.78 is 0. The number of carboxylic acid groups (broad SMARTS) is 1. The topological polar surface area (TPSA) is 134 Å². The summed E-state index contributed by atoms with van der Waals surface area (Å²) in [7, 11) is 0. The van der Waals surface area contributed by atoms with Gasteiger partial charge in [-0.15, -0.1) is 11.3 Å². The van der Waals surface area contributed by atoms with E-state index in [2.05, 4.69) is 20.3 Å². The lowest BCUT2D eigenvalue weighted by Crippen LogP contribution is -2.17. The monoisotopic (exact) mass is 281 g/mol. The first-order chi connectivity index (χ1) is 8.99. The van der Waals surface area contributed by atoms with E-state index in [0.29, 0.717) is 5.01 Å².